The number of benzene rings is 1. The fourth-order valence-corrected chi connectivity index (χ4v) is 7.54. The molecular formula is C21H29BrN2O4S. The van der Waals surface area contributed by atoms with Crippen LogP contribution >= 0.6 is 15.9 Å². The third kappa shape index (κ3) is 4.55. The molecule has 1 aromatic carbocycles. The molecule has 8 heteroatoms. The zero-order valence-corrected chi connectivity index (χ0v) is 19.1. The molecule has 4 saturated carbocycles. The van der Waals surface area contributed by atoms with E-state index in [0.29, 0.717) is 16.6 Å². The van der Waals surface area contributed by atoms with Crippen LogP contribution in [0.4, 0.5) is 0 Å². The molecule has 0 heterocycles. The van der Waals surface area contributed by atoms with Crippen LogP contribution in [0.15, 0.2) is 27.6 Å². The lowest BCUT2D eigenvalue weighted by atomic mass is 9.49. The third-order valence-corrected chi connectivity index (χ3v) is 9.03. The van der Waals surface area contributed by atoms with Gasteiger partial charge < -0.3 is 10.1 Å². The largest absolute Gasteiger partial charge is 0.383 e. The number of ether oxygens (including phenoxy) is 1. The Morgan fingerprint density at radius 3 is 2.38 bits per heavy atom. The van der Waals surface area contributed by atoms with Crippen molar-refractivity contribution in [2.24, 2.45) is 23.2 Å². The molecule has 5 rings (SSSR count). The van der Waals surface area contributed by atoms with Gasteiger partial charge in [0, 0.05) is 24.7 Å². The number of carbonyl (C=O) groups excluding carboxylic acids is 1. The van der Waals surface area contributed by atoms with E-state index in [4.69, 9.17) is 4.74 Å². The first kappa shape index (κ1) is 21.3. The average molecular weight is 485 g/mol. The number of amides is 1. The molecule has 4 aliphatic carbocycles. The highest BCUT2D eigenvalue weighted by molar-refractivity contribution is 9.10. The van der Waals surface area contributed by atoms with Gasteiger partial charge in [0.15, 0.2) is 0 Å². The highest BCUT2D eigenvalue weighted by Crippen LogP contribution is 2.59. The fourth-order valence-electron chi connectivity index (χ4n) is 6.08. The molecule has 0 spiro atoms. The smallest absolute Gasteiger partial charge is 0.252 e. The van der Waals surface area contributed by atoms with E-state index in [1.807, 2.05) is 0 Å². The molecular weight excluding hydrogens is 456 g/mol. The van der Waals surface area contributed by atoms with Gasteiger partial charge in [0.1, 0.15) is 0 Å². The number of rotatable bonds is 8. The lowest BCUT2D eigenvalue weighted by Crippen LogP contribution is -2.51. The van der Waals surface area contributed by atoms with Crippen LogP contribution in [-0.4, -0.2) is 41.1 Å². The summed E-state index contributed by atoms with van der Waals surface area (Å²) in [6, 6.07) is 4.55. The van der Waals surface area contributed by atoms with Gasteiger partial charge in [-0.15, -0.1) is 0 Å². The third-order valence-electron chi connectivity index (χ3n) is 6.88. The van der Waals surface area contributed by atoms with E-state index >= 15 is 0 Å². The average Bonchev–Trinajstić information content (AvgIpc) is 2.65. The van der Waals surface area contributed by atoms with Crippen LogP contribution in [0.5, 0.6) is 0 Å². The van der Waals surface area contributed by atoms with Gasteiger partial charge in [0.05, 0.1) is 17.1 Å². The Hall–Kier alpha value is -0.960. The summed E-state index contributed by atoms with van der Waals surface area (Å²) >= 11 is 3.40. The summed E-state index contributed by atoms with van der Waals surface area (Å²) < 4.78 is 32.9. The standard InChI is InChI=1S/C21H29BrN2O4S/c1-28-5-4-24-29(26,27)17-2-3-19(22)18(9-17)20(25)23-13-21-10-14-6-15(11-21)8-16(7-14)12-21/h2-3,9,14-16,24H,4-8,10-13H2,1H3,(H,23,25). The van der Waals surface area contributed by atoms with E-state index in [9.17, 15) is 13.2 Å². The van der Waals surface area contributed by atoms with Crippen LogP contribution in [0.2, 0.25) is 0 Å². The summed E-state index contributed by atoms with van der Waals surface area (Å²) in [6.45, 7) is 1.15. The molecule has 1 amide bonds. The van der Waals surface area contributed by atoms with Gasteiger partial charge in [0.2, 0.25) is 10.0 Å². The molecule has 4 bridgehead atoms. The van der Waals surface area contributed by atoms with Crippen LogP contribution in [-0.2, 0) is 14.8 Å². The summed E-state index contributed by atoms with van der Waals surface area (Å²) in [5.41, 5.74) is 0.590. The summed E-state index contributed by atoms with van der Waals surface area (Å²) in [7, 11) is -2.17. The minimum atomic E-state index is -3.69. The highest BCUT2D eigenvalue weighted by Gasteiger charge is 2.50. The molecule has 29 heavy (non-hydrogen) atoms. The normalized spacial score (nSPS) is 30.5. The first-order valence-corrected chi connectivity index (χ1v) is 12.6. The van der Waals surface area contributed by atoms with Crippen molar-refractivity contribution in [1.82, 2.24) is 10.0 Å². The molecule has 0 aliphatic heterocycles. The van der Waals surface area contributed by atoms with E-state index in [0.717, 1.165) is 17.8 Å². The molecule has 0 atom stereocenters. The molecule has 0 radical (unpaired) electrons. The van der Waals surface area contributed by atoms with Gasteiger partial charge in [0.25, 0.3) is 5.91 Å². The maximum atomic E-state index is 12.9. The van der Waals surface area contributed by atoms with Crippen LogP contribution in [0, 0.1) is 23.2 Å². The van der Waals surface area contributed by atoms with Gasteiger partial charge in [-0.2, -0.15) is 0 Å². The second-order valence-electron chi connectivity index (χ2n) is 9.13. The first-order chi connectivity index (χ1) is 13.8. The monoisotopic (exact) mass is 484 g/mol. The van der Waals surface area contributed by atoms with Gasteiger partial charge in [-0.1, -0.05) is 0 Å². The molecule has 160 valence electrons. The number of hydrogen-bond acceptors (Lipinski definition) is 4. The van der Waals surface area contributed by atoms with E-state index in [1.165, 1.54) is 57.8 Å². The van der Waals surface area contributed by atoms with Crippen molar-refractivity contribution in [1.29, 1.82) is 0 Å². The Labute approximate surface area is 181 Å². The maximum Gasteiger partial charge on any atom is 0.252 e. The number of nitrogens with one attached hydrogen (secondary N) is 2. The molecule has 0 unspecified atom stereocenters. The Morgan fingerprint density at radius 2 is 1.79 bits per heavy atom. The van der Waals surface area contributed by atoms with Crippen LogP contribution in [0.1, 0.15) is 48.9 Å². The van der Waals surface area contributed by atoms with Crippen LogP contribution in [0.3, 0.4) is 0 Å². The minimum Gasteiger partial charge on any atom is -0.383 e. The van der Waals surface area contributed by atoms with Crippen LogP contribution < -0.4 is 10.0 Å². The zero-order valence-electron chi connectivity index (χ0n) is 16.7. The minimum absolute atomic E-state index is 0.0803. The summed E-state index contributed by atoms with van der Waals surface area (Å²) in [4.78, 5) is 13.0. The molecule has 6 nitrogen and oxygen atoms in total. The number of hydrogen-bond donors (Lipinski definition) is 2. The molecule has 0 aromatic heterocycles. The zero-order chi connectivity index (χ0) is 20.6. The van der Waals surface area contributed by atoms with E-state index in [-0.39, 0.29) is 29.4 Å². The molecule has 2 N–H and O–H groups in total. The summed E-state index contributed by atoms with van der Waals surface area (Å²) in [6.07, 6.45) is 7.77. The molecule has 4 fully saturated rings. The van der Waals surface area contributed by atoms with Crippen molar-refractivity contribution in [3.8, 4) is 0 Å². The van der Waals surface area contributed by atoms with E-state index in [2.05, 4.69) is 26.0 Å². The summed E-state index contributed by atoms with van der Waals surface area (Å²) in [5, 5.41) is 3.12. The lowest BCUT2D eigenvalue weighted by Gasteiger charge is -2.56. The van der Waals surface area contributed by atoms with Crippen molar-refractivity contribution in [3.63, 3.8) is 0 Å². The Balaban J connectivity index is 1.45. The second kappa shape index (κ2) is 8.29. The number of sulfonamides is 1. The fraction of sp³-hybridized carbons (Fsp3) is 0.667. The molecule has 4 aliphatic rings. The summed E-state index contributed by atoms with van der Waals surface area (Å²) in [5.74, 6) is 2.27. The van der Waals surface area contributed by atoms with Crippen molar-refractivity contribution in [2.45, 2.75) is 43.4 Å². The number of methoxy groups -OCH3 is 1. The van der Waals surface area contributed by atoms with E-state index in [1.54, 1.807) is 6.07 Å². The number of halogens is 1. The predicted molar refractivity (Wildman–Crippen MR) is 114 cm³/mol. The van der Waals surface area contributed by atoms with Gasteiger partial charge in [-0.25, -0.2) is 13.1 Å². The van der Waals surface area contributed by atoms with Crippen molar-refractivity contribution < 1.29 is 17.9 Å². The Bertz CT molecular complexity index is 851. The van der Waals surface area contributed by atoms with Gasteiger partial charge in [-0.3, -0.25) is 4.79 Å². The maximum absolute atomic E-state index is 12.9. The van der Waals surface area contributed by atoms with Crippen molar-refractivity contribution >= 4 is 31.9 Å². The van der Waals surface area contributed by atoms with Crippen LogP contribution in [0.25, 0.3) is 0 Å². The van der Waals surface area contributed by atoms with Gasteiger partial charge >= 0.3 is 0 Å². The molecule has 1 aromatic rings. The highest BCUT2D eigenvalue weighted by atomic mass is 79.9. The predicted octanol–water partition coefficient (Wildman–Crippen LogP) is 3.32. The second-order valence-corrected chi connectivity index (χ2v) is 11.8. The Morgan fingerprint density at radius 1 is 1.17 bits per heavy atom. The quantitative estimate of drug-likeness (QED) is 0.554. The lowest BCUT2D eigenvalue weighted by molar-refractivity contribution is -0.0503. The first-order valence-electron chi connectivity index (χ1n) is 10.4. The Kier molecular flexibility index (Phi) is 6.08. The van der Waals surface area contributed by atoms with Gasteiger partial charge in [-0.05, 0) is 95.8 Å². The number of carbonyl (C=O) groups is 1. The van der Waals surface area contributed by atoms with Crippen molar-refractivity contribution in [3.05, 3.63) is 28.2 Å². The van der Waals surface area contributed by atoms with E-state index < -0.39 is 10.0 Å². The van der Waals surface area contributed by atoms with Crippen molar-refractivity contribution in [2.75, 3.05) is 26.8 Å². The topological polar surface area (TPSA) is 84.5 Å². The SMILES string of the molecule is COCCNS(=O)(=O)c1ccc(Br)c(C(=O)NCC23CC4CC(CC(C4)C2)C3)c1. The molecule has 0 saturated heterocycles.